The summed E-state index contributed by atoms with van der Waals surface area (Å²) < 4.78 is 2.74. The molecule has 0 spiro atoms. The van der Waals surface area contributed by atoms with Gasteiger partial charge in [-0.25, -0.2) is 4.98 Å². The summed E-state index contributed by atoms with van der Waals surface area (Å²) in [7, 11) is 0. The van der Waals surface area contributed by atoms with Crippen LogP contribution < -0.4 is 0 Å². The van der Waals surface area contributed by atoms with Gasteiger partial charge in [-0.15, -0.1) is 11.8 Å². The Morgan fingerprint density at radius 2 is 2.57 bits per heavy atom. The lowest BCUT2D eigenvalue weighted by atomic mass is 10.5. The van der Waals surface area contributed by atoms with E-state index in [1.54, 1.807) is 46.8 Å². The molecule has 2 rings (SSSR count). The van der Waals surface area contributed by atoms with Gasteiger partial charge in [-0.3, -0.25) is 4.57 Å². The van der Waals surface area contributed by atoms with Crippen LogP contribution >= 0.6 is 23.5 Å². The van der Waals surface area contributed by atoms with Crippen molar-refractivity contribution in [2.24, 2.45) is 0 Å². The summed E-state index contributed by atoms with van der Waals surface area (Å²) in [6.45, 7) is 3.88. The molecule has 1 fully saturated rings. The second-order valence-corrected chi connectivity index (χ2v) is 5.08. The Kier molecular flexibility index (Phi) is 2.66. The first-order valence-electron chi connectivity index (χ1n) is 3.92. The number of imidazole rings is 1. The number of aromatic nitrogens is 2. The second-order valence-electron chi connectivity index (χ2n) is 2.65. The first kappa shape index (κ1) is 9.44. The van der Waals surface area contributed by atoms with Crippen molar-refractivity contribution < 1.29 is 0 Å². The molecule has 0 saturated carbocycles. The summed E-state index contributed by atoms with van der Waals surface area (Å²) in [5.74, 6) is 0.889. The maximum absolute atomic E-state index is 9.03. The third-order valence-corrected chi connectivity index (χ3v) is 4.21. The molecule has 14 heavy (non-hydrogen) atoms. The number of nitrogens with zero attached hydrogens (tertiary/aromatic N) is 3. The van der Waals surface area contributed by atoms with Crippen LogP contribution in [-0.2, 0) is 0 Å². The van der Waals surface area contributed by atoms with Gasteiger partial charge in [0.25, 0.3) is 0 Å². The van der Waals surface area contributed by atoms with Crippen LogP contribution in [0.2, 0.25) is 0 Å². The Hall–Kier alpha value is -1.12. The Balaban J connectivity index is 2.40. The smallest absolute Gasteiger partial charge is 0.146 e. The molecule has 1 aliphatic rings. The molecule has 1 aromatic rings. The average molecular weight is 221 g/mol. The minimum atomic E-state index is 0.635. The molecule has 3 nitrogen and oxygen atoms in total. The van der Waals surface area contributed by atoms with E-state index in [9.17, 15) is 0 Å². The highest BCUT2D eigenvalue weighted by Gasteiger charge is 2.18. The molecule has 1 aromatic heterocycles. The molecule has 0 bridgehead atoms. The normalized spacial score (nSPS) is 19.5. The number of hydrogen-bond donors (Lipinski definition) is 0. The first-order valence-corrected chi connectivity index (χ1v) is 5.72. The van der Waals surface area contributed by atoms with Gasteiger partial charge < -0.3 is 0 Å². The van der Waals surface area contributed by atoms with Crippen molar-refractivity contribution in [2.45, 2.75) is 0 Å². The van der Waals surface area contributed by atoms with E-state index in [0.29, 0.717) is 5.70 Å². The zero-order valence-electron chi connectivity index (χ0n) is 7.30. The Labute approximate surface area is 90.5 Å². The molecule has 0 radical (unpaired) electrons. The zero-order valence-corrected chi connectivity index (χ0v) is 8.94. The lowest BCUT2D eigenvalue weighted by Gasteiger charge is -2.01. The summed E-state index contributed by atoms with van der Waals surface area (Å²) in [5.41, 5.74) is 0.635. The van der Waals surface area contributed by atoms with Gasteiger partial charge in [0.15, 0.2) is 0 Å². The van der Waals surface area contributed by atoms with Crippen molar-refractivity contribution in [1.29, 1.82) is 5.26 Å². The summed E-state index contributed by atoms with van der Waals surface area (Å²) in [6.07, 6.45) is 5.07. The standard InChI is InChI=1S/C9H7N3S2/c1-7-5-13-9(14-7)8(4-10)12-3-2-11-6-12/h2-3,6H,1,5H2. The van der Waals surface area contributed by atoms with Crippen LogP contribution in [0.4, 0.5) is 0 Å². The van der Waals surface area contributed by atoms with Crippen molar-refractivity contribution in [3.63, 3.8) is 0 Å². The zero-order chi connectivity index (χ0) is 9.97. The SMILES string of the molecule is C=C1CSC(=C(C#N)n2ccnc2)S1. The maximum Gasteiger partial charge on any atom is 0.146 e. The molecule has 1 aliphatic heterocycles. The van der Waals surface area contributed by atoms with Crippen molar-refractivity contribution >= 4 is 29.2 Å². The van der Waals surface area contributed by atoms with E-state index in [1.807, 2.05) is 0 Å². The summed E-state index contributed by atoms with van der Waals surface area (Å²) in [6, 6.07) is 2.19. The van der Waals surface area contributed by atoms with E-state index in [0.717, 1.165) is 14.9 Å². The number of allylic oxidation sites excluding steroid dienone is 1. The largest absolute Gasteiger partial charge is 0.296 e. The number of hydrogen-bond acceptors (Lipinski definition) is 4. The van der Waals surface area contributed by atoms with Crippen LogP contribution in [0.5, 0.6) is 0 Å². The van der Waals surface area contributed by atoms with E-state index < -0.39 is 0 Å². The fraction of sp³-hybridized carbons (Fsp3) is 0.111. The van der Waals surface area contributed by atoms with Crippen LogP contribution in [-0.4, -0.2) is 15.3 Å². The molecule has 0 atom stereocenters. The molecular formula is C9H7N3S2. The lowest BCUT2D eigenvalue weighted by Crippen LogP contribution is -1.91. The molecule has 70 valence electrons. The minimum Gasteiger partial charge on any atom is -0.296 e. The third-order valence-electron chi connectivity index (χ3n) is 1.66. The minimum absolute atomic E-state index is 0.635. The molecule has 0 amide bonds. The van der Waals surface area contributed by atoms with Crippen molar-refractivity contribution in [2.75, 3.05) is 5.75 Å². The van der Waals surface area contributed by atoms with Gasteiger partial charge in [0.1, 0.15) is 11.8 Å². The highest BCUT2D eigenvalue weighted by atomic mass is 32.2. The molecule has 0 N–H and O–H groups in total. The lowest BCUT2D eigenvalue weighted by molar-refractivity contribution is 1.10. The number of thioether (sulfide) groups is 2. The molecule has 2 heterocycles. The number of rotatable bonds is 1. The average Bonchev–Trinajstić information content (AvgIpc) is 2.79. The van der Waals surface area contributed by atoms with Gasteiger partial charge in [-0.1, -0.05) is 18.3 Å². The molecule has 1 saturated heterocycles. The van der Waals surface area contributed by atoms with Crippen LogP contribution in [0.1, 0.15) is 0 Å². The first-order chi connectivity index (χ1) is 6.81. The van der Waals surface area contributed by atoms with Gasteiger partial charge in [0.05, 0.1) is 10.6 Å². The predicted molar refractivity (Wildman–Crippen MR) is 60.2 cm³/mol. The van der Waals surface area contributed by atoms with Gasteiger partial charge in [0, 0.05) is 18.1 Å². The maximum atomic E-state index is 9.03. The Morgan fingerprint density at radius 1 is 1.71 bits per heavy atom. The molecule has 0 unspecified atom stereocenters. The van der Waals surface area contributed by atoms with Crippen LogP contribution in [0.25, 0.3) is 5.70 Å². The topological polar surface area (TPSA) is 41.6 Å². The van der Waals surface area contributed by atoms with Crippen LogP contribution in [0.15, 0.2) is 34.4 Å². The van der Waals surface area contributed by atoms with Crippen LogP contribution in [0, 0.1) is 11.3 Å². The summed E-state index contributed by atoms with van der Waals surface area (Å²) >= 11 is 3.23. The van der Waals surface area contributed by atoms with Crippen molar-refractivity contribution in [1.82, 2.24) is 9.55 Å². The molecule has 0 aromatic carbocycles. The van der Waals surface area contributed by atoms with Crippen molar-refractivity contribution in [3.05, 3.63) is 34.4 Å². The van der Waals surface area contributed by atoms with E-state index in [1.165, 1.54) is 0 Å². The summed E-state index contributed by atoms with van der Waals surface area (Å²) in [4.78, 5) is 5.01. The highest BCUT2D eigenvalue weighted by molar-refractivity contribution is 8.27. The Morgan fingerprint density at radius 3 is 3.07 bits per heavy atom. The quantitative estimate of drug-likeness (QED) is 0.683. The molecular weight excluding hydrogens is 214 g/mol. The Bertz CT molecular complexity index is 425. The molecule has 0 aliphatic carbocycles. The van der Waals surface area contributed by atoms with Gasteiger partial charge in [-0.05, 0) is 4.91 Å². The number of nitriles is 1. The van der Waals surface area contributed by atoms with E-state index in [4.69, 9.17) is 5.26 Å². The highest BCUT2D eigenvalue weighted by Crippen LogP contribution is 2.45. The van der Waals surface area contributed by atoms with Gasteiger partial charge >= 0.3 is 0 Å². The fourth-order valence-corrected chi connectivity index (χ4v) is 3.32. The fourth-order valence-electron chi connectivity index (χ4n) is 1.05. The second kappa shape index (κ2) is 3.95. The van der Waals surface area contributed by atoms with E-state index >= 15 is 0 Å². The summed E-state index contributed by atoms with van der Waals surface area (Å²) in [5, 5.41) is 9.03. The van der Waals surface area contributed by atoms with Crippen LogP contribution in [0.3, 0.4) is 0 Å². The third kappa shape index (κ3) is 1.72. The van der Waals surface area contributed by atoms with Crippen molar-refractivity contribution in [3.8, 4) is 6.07 Å². The molecule has 5 heteroatoms. The van der Waals surface area contributed by atoms with Gasteiger partial charge in [0.2, 0.25) is 0 Å². The van der Waals surface area contributed by atoms with E-state index in [2.05, 4.69) is 17.6 Å². The van der Waals surface area contributed by atoms with E-state index in [-0.39, 0.29) is 0 Å². The monoisotopic (exact) mass is 221 g/mol. The van der Waals surface area contributed by atoms with Gasteiger partial charge in [-0.2, -0.15) is 5.26 Å². The predicted octanol–water partition coefficient (Wildman–Crippen LogP) is 2.53.